The van der Waals surface area contributed by atoms with Gasteiger partial charge in [-0.2, -0.15) is 0 Å². The van der Waals surface area contributed by atoms with Crippen molar-refractivity contribution in [1.82, 2.24) is 9.88 Å². The fourth-order valence-corrected chi connectivity index (χ4v) is 4.93. The Balaban J connectivity index is 1.59. The van der Waals surface area contributed by atoms with Crippen LogP contribution in [0.3, 0.4) is 0 Å². The first-order valence-electron chi connectivity index (χ1n) is 9.02. The minimum absolute atomic E-state index is 0.00897. The summed E-state index contributed by atoms with van der Waals surface area (Å²) in [6.07, 6.45) is 2.96. The molecular weight excluding hydrogens is 427 g/mol. The summed E-state index contributed by atoms with van der Waals surface area (Å²) in [5, 5.41) is 2.73. The van der Waals surface area contributed by atoms with E-state index in [1.807, 2.05) is 48.5 Å². The highest BCUT2D eigenvalue weighted by Crippen LogP contribution is 2.35. The van der Waals surface area contributed by atoms with Crippen molar-refractivity contribution in [3.63, 3.8) is 0 Å². The second-order valence-corrected chi connectivity index (χ2v) is 9.58. The van der Waals surface area contributed by atoms with Crippen LogP contribution in [0.15, 0.2) is 88.9 Å². The van der Waals surface area contributed by atoms with Crippen LogP contribution in [0.5, 0.6) is 0 Å². The third-order valence-corrected chi connectivity index (χ3v) is 6.93. The molecular formula is C22H18Cl2N2O2S. The third kappa shape index (κ3) is 4.54. The van der Waals surface area contributed by atoms with E-state index in [4.69, 9.17) is 23.2 Å². The molecule has 1 fully saturated rings. The molecule has 0 spiro atoms. The maximum Gasteiger partial charge on any atom is 0.199 e. The van der Waals surface area contributed by atoms with Gasteiger partial charge in [0.25, 0.3) is 0 Å². The fraction of sp³-hybridized carbons (Fsp3) is 0.136. The average Bonchev–Trinajstić information content (AvgIpc) is 2.69. The van der Waals surface area contributed by atoms with Crippen molar-refractivity contribution in [2.45, 2.75) is 10.9 Å². The van der Waals surface area contributed by atoms with Crippen LogP contribution < -0.4 is 0 Å². The van der Waals surface area contributed by atoms with E-state index in [2.05, 4.69) is 9.88 Å². The number of sulfone groups is 1. The van der Waals surface area contributed by atoms with E-state index >= 15 is 0 Å². The number of benzene rings is 2. The molecule has 0 saturated carbocycles. The van der Waals surface area contributed by atoms with Crippen LogP contribution in [0.4, 0.5) is 0 Å². The maximum atomic E-state index is 12.6. The van der Waals surface area contributed by atoms with Crippen molar-refractivity contribution < 1.29 is 8.42 Å². The molecule has 4 nitrogen and oxygen atoms in total. The predicted octanol–water partition coefficient (Wildman–Crippen LogP) is 5.15. The van der Waals surface area contributed by atoms with Gasteiger partial charge in [0.15, 0.2) is 9.84 Å². The van der Waals surface area contributed by atoms with Gasteiger partial charge in [0.1, 0.15) is 0 Å². The first kappa shape index (κ1) is 20.1. The first-order chi connectivity index (χ1) is 13.9. The van der Waals surface area contributed by atoms with Crippen molar-refractivity contribution in [1.29, 1.82) is 0 Å². The maximum absolute atomic E-state index is 12.6. The van der Waals surface area contributed by atoms with Crippen LogP contribution in [-0.4, -0.2) is 31.4 Å². The normalized spacial score (nSPS) is 14.7. The van der Waals surface area contributed by atoms with Gasteiger partial charge < -0.3 is 0 Å². The van der Waals surface area contributed by atoms with Gasteiger partial charge in [0, 0.05) is 40.9 Å². The lowest BCUT2D eigenvalue weighted by atomic mass is 9.93. The highest BCUT2D eigenvalue weighted by Gasteiger charge is 2.31. The molecule has 29 heavy (non-hydrogen) atoms. The number of aromatic nitrogens is 1. The summed E-state index contributed by atoms with van der Waals surface area (Å²) >= 11 is 12.1. The van der Waals surface area contributed by atoms with Gasteiger partial charge in [0.2, 0.25) is 0 Å². The Kier molecular flexibility index (Phi) is 5.74. The van der Waals surface area contributed by atoms with E-state index in [1.54, 1.807) is 0 Å². The molecule has 0 N–H and O–H groups in total. The van der Waals surface area contributed by atoms with Crippen molar-refractivity contribution in [3.05, 3.63) is 105 Å². The molecule has 1 aliphatic heterocycles. The molecule has 0 amide bonds. The summed E-state index contributed by atoms with van der Waals surface area (Å²) in [5.41, 5.74) is 3.05. The zero-order valence-electron chi connectivity index (χ0n) is 15.4. The summed E-state index contributed by atoms with van der Waals surface area (Å²) in [6, 6.07) is 18.5. The van der Waals surface area contributed by atoms with Crippen molar-refractivity contribution in [2.75, 3.05) is 13.1 Å². The topological polar surface area (TPSA) is 50.3 Å². The zero-order valence-corrected chi connectivity index (χ0v) is 17.7. The Hall–Kier alpha value is -2.18. The minimum atomic E-state index is -3.47. The van der Waals surface area contributed by atoms with Gasteiger partial charge in [0.05, 0.1) is 10.9 Å². The molecule has 0 radical (unpaired) electrons. The zero-order chi connectivity index (χ0) is 20.4. The van der Waals surface area contributed by atoms with Gasteiger partial charge in [-0.1, -0.05) is 47.5 Å². The van der Waals surface area contributed by atoms with E-state index in [-0.39, 0.29) is 10.9 Å². The molecule has 1 saturated heterocycles. The highest BCUT2D eigenvalue weighted by molar-refractivity contribution is 7.94. The van der Waals surface area contributed by atoms with Crippen molar-refractivity contribution >= 4 is 33.0 Å². The third-order valence-electron chi connectivity index (χ3n) is 4.85. The highest BCUT2D eigenvalue weighted by atomic mass is 35.5. The number of rotatable bonds is 5. The summed E-state index contributed by atoms with van der Waals surface area (Å²) in [4.78, 5) is 6.35. The van der Waals surface area contributed by atoms with Crippen molar-refractivity contribution in [2.24, 2.45) is 0 Å². The molecule has 7 heteroatoms. The second kappa shape index (κ2) is 8.28. The van der Waals surface area contributed by atoms with Crippen molar-refractivity contribution in [3.8, 4) is 0 Å². The minimum Gasteiger partial charge on any atom is -0.284 e. The first-order valence-corrected chi connectivity index (χ1v) is 11.3. The molecule has 0 bridgehead atoms. The fourth-order valence-electron chi connectivity index (χ4n) is 3.45. The lowest BCUT2D eigenvalue weighted by Crippen LogP contribution is -2.43. The monoisotopic (exact) mass is 444 g/mol. The number of nitrogens with zero attached hydrogens (tertiary/aromatic N) is 2. The Morgan fingerprint density at radius 1 is 0.828 bits per heavy atom. The van der Waals surface area contributed by atoms with E-state index < -0.39 is 9.84 Å². The van der Waals surface area contributed by atoms with Crippen LogP contribution in [0.2, 0.25) is 10.0 Å². The smallest absolute Gasteiger partial charge is 0.199 e. The van der Waals surface area contributed by atoms with Crippen LogP contribution in [-0.2, 0) is 9.84 Å². The molecule has 0 aliphatic carbocycles. The van der Waals surface area contributed by atoms with Crippen LogP contribution in [0, 0.1) is 0 Å². The van der Waals surface area contributed by atoms with Gasteiger partial charge >= 0.3 is 0 Å². The lowest BCUT2D eigenvalue weighted by Gasteiger charge is -2.41. The number of hydrogen-bond acceptors (Lipinski definition) is 4. The molecule has 1 aromatic heterocycles. The molecule has 2 heterocycles. The SMILES string of the molecule is O=S(=O)(C=C1CN(C(c2ccc(Cl)cc2)c2ccc(Cl)cc2)C1)c1ccncc1. The summed E-state index contributed by atoms with van der Waals surface area (Å²) < 4.78 is 25.1. The predicted molar refractivity (Wildman–Crippen MR) is 116 cm³/mol. The summed E-state index contributed by atoms with van der Waals surface area (Å²) in [6.45, 7) is 1.14. The van der Waals surface area contributed by atoms with Crippen LogP contribution in [0.25, 0.3) is 0 Å². The number of pyridine rings is 1. The summed E-state index contributed by atoms with van der Waals surface area (Å²) in [7, 11) is -3.47. The number of halogens is 2. The van der Waals surface area contributed by atoms with E-state index in [9.17, 15) is 8.42 Å². The Labute approximate surface area is 180 Å². The molecule has 148 valence electrons. The molecule has 2 aromatic carbocycles. The number of hydrogen-bond donors (Lipinski definition) is 0. The van der Waals surface area contributed by atoms with Gasteiger partial charge in [-0.05, 0) is 53.1 Å². The number of likely N-dealkylation sites (tertiary alicyclic amines) is 1. The van der Waals surface area contributed by atoms with E-state index in [1.165, 1.54) is 29.9 Å². The lowest BCUT2D eigenvalue weighted by molar-refractivity contribution is 0.202. The second-order valence-electron chi connectivity index (χ2n) is 6.91. The standard InChI is InChI=1S/C22H18Cl2N2O2S/c23-19-5-1-17(2-6-19)22(18-3-7-20(24)8-4-18)26-13-16(14-26)15-29(27,28)21-9-11-25-12-10-21/h1-12,15,22H,13-14H2. The molecule has 3 aromatic rings. The molecule has 1 aliphatic rings. The molecule has 0 atom stereocenters. The van der Waals surface area contributed by atoms with E-state index in [0.29, 0.717) is 23.1 Å². The largest absolute Gasteiger partial charge is 0.284 e. The van der Waals surface area contributed by atoms with Gasteiger partial charge in [-0.3, -0.25) is 9.88 Å². The average molecular weight is 445 g/mol. The van der Waals surface area contributed by atoms with Crippen LogP contribution >= 0.6 is 23.2 Å². The van der Waals surface area contributed by atoms with Crippen LogP contribution in [0.1, 0.15) is 17.2 Å². The Morgan fingerprint density at radius 2 is 1.31 bits per heavy atom. The quantitative estimate of drug-likeness (QED) is 0.545. The Morgan fingerprint density at radius 3 is 1.79 bits per heavy atom. The molecule has 4 rings (SSSR count). The van der Waals surface area contributed by atoms with Gasteiger partial charge in [-0.25, -0.2) is 8.42 Å². The van der Waals surface area contributed by atoms with E-state index in [0.717, 1.165) is 16.7 Å². The van der Waals surface area contributed by atoms with Gasteiger partial charge in [-0.15, -0.1) is 0 Å². The molecule has 0 unspecified atom stereocenters. The Bertz CT molecular complexity index is 1080. The summed E-state index contributed by atoms with van der Waals surface area (Å²) in [5.74, 6) is 0.